The maximum Gasteiger partial charge on any atom is 0.410 e. The van der Waals surface area contributed by atoms with Crippen LogP contribution in [0.25, 0.3) is 22.2 Å². The van der Waals surface area contributed by atoms with E-state index in [4.69, 9.17) is 19.4 Å². The van der Waals surface area contributed by atoms with E-state index < -0.39 is 11.4 Å². The van der Waals surface area contributed by atoms with E-state index >= 15 is 4.39 Å². The van der Waals surface area contributed by atoms with Crippen LogP contribution in [0, 0.1) is 5.82 Å². The fourth-order valence-corrected chi connectivity index (χ4v) is 7.92. The zero-order chi connectivity index (χ0) is 30.6. The number of benzene rings is 1. The highest BCUT2D eigenvalue weighted by molar-refractivity contribution is 5.92. The number of hydrogen-bond acceptors (Lipinski definition) is 8. The number of carbonyl (C=O) groups excluding carboxylic acids is 1. The van der Waals surface area contributed by atoms with Crippen LogP contribution in [0.15, 0.2) is 30.5 Å². The Bertz CT molecular complexity index is 1550. The Balaban J connectivity index is 1.26. The molecule has 0 N–H and O–H groups in total. The number of rotatable bonds is 6. The summed E-state index contributed by atoms with van der Waals surface area (Å²) in [6, 6.07) is 7.96. The van der Waals surface area contributed by atoms with Crippen molar-refractivity contribution in [2.45, 2.75) is 95.9 Å². The number of aryl methyl sites for hydroxylation is 1. The summed E-state index contributed by atoms with van der Waals surface area (Å²) >= 11 is 0. The van der Waals surface area contributed by atoms with Gasteiger partial charge in [-0.3, -0.25) is 14.8 Å². The van der Waals surface area contributed by atoms with Crippen molar-refractivity contribution in [3.05, 3.63) is 41.8 Å². The summed E-state index contributed by atoms with van der Waals surface area (Å²) in [7, 11) is 0. The lowest BCUT2D eigenvalue weighted by Gasteiger charge is -2.42. The molecule has 1 amide bonds. The largest absolute Gasteiger partial charge is 0.461 e. The Kier molecular flexibility index (Phi) is 7.38. The molecular weight excluding hydrogens is 559 g/mol. The van der Waals surface area contributed by atoms with Gasteiger partial charge in [0.05, 0.1) is 23.0 Å². The third-order valence-electron chi connectivity index (χ3n) is 9.96. The molecule has 4 fully saturated rings. The number of nitrogens with zero attached hydrogens (tertiary/aromatic N) is 6. The van der Waals surface area contributed by atoms with E-state index in [2.05, 4.69) is 21.7 Å². The maximum absolute atomic E-state index is 16.5. The first-order chi connectivity index (χ1) is 21.2. The number of anilines is 1. The Morgan fingerprint density at radius 1 is 1.07 bits per heavy atom. The second kappa shape index (κ2) is 11.1. The molecule has 0 aliphatic carbocycles. The Morgan fingerprint density at radius 2 is 1.77 bits per heavy atom. The average Bonchev–Trinajstić information content (AvgIpc) is 3.66. The van der Waals surface area contributed by atoms with Crippen LogP contribution in [-0.4, -0.2) is 86.9 Å². The number of aromatic nitrogens is 3. The van der Waals surface area contributed by atoms with Gasteiger partial charge in [-0.1, -0.05) is 31.2 Å². The van der Waals surface area contributed by atoms with E-state index in [1.54, 1.807) is 6.20 Å². The summed E-state index contributed by atoms with van der Waals surface area (Å²) in [5, 5.41) is 0.555. The van der Waals surface area contributed by atoms with Crippen LogP contribution < -0.4 is 9.64 Å². The number of pyridine rings is 1. The molecule has 6 heterocycles. The number of halogens is 1. The molecule has 0 saturated carbocycles. The van der Waals surface area contributed by atoms with E-state index in [1.807, 2.05) is 49.9 Å². The van der Waals surface area contributed by atoms with Crippen LogP contribution in [0.5, 0.6) is 6.01 Å². The molecule has 10 heteroatoms. The summed E-state index contributed by atoms with van der Waals surface area (Å²) in [5.41, 5.74) is 1.76. The molecule has 2 aromatic heterocycles. The van der Waals surface area contributed by atoms with Gasteiger partial charge in [-0.05, 0) is 84.4 Å². The summed E-state index contributed by atoms with van der Waals surface area (Å²) in [5.74, 6) is 0.147. The molecular formula is C34H43FN6O3. The van der Waals surface area contributed by atoms with Crippen molar-refractivity contribution in [1.29, 1.82) is 0 Å². The minimum atomic E-state index is -0.562. The smallest absolute Gasteiger partial charge is 0.410 e. The van der Waals surface area contributed by atoms with Gasteiger partial charge in [-0.15, -0.1) is 0 Å². The highest BCUT2D eigenvalue weighted by atomic mass is 19.1. The van der Waals surface area contributed by atoms with Crippen molar-refractivity contribution >= 4 is 22.8 Å². The lowest BCUT2D eigenvalue weighted by atomic mass is 9.95. The highest BCUT2D eigenvalue weighted by Gasteiger charge is 2.46. The first-order valence-electron chi connectivity index (χ1n) is 16.2. The van der Waals surface area contributed by atoms with E-state index in [0.717, 1.165) is 56.3 Å². The summed E-state index contributed by atoms with van der Waals surface area (Å²) in [6.07, 6.45) is 8.49. The van der Waals surface area contributed by atoms with Crippen LogP contribution in [0.1, 0.15) is 71.8 Å². The molecule has 1 aromatic carbocycles. The van der Waals surface area contributed by atoms with Gasteiger partial charge in [-0.25, -0.2) is 9.18 Å². The number of ether oxygens (including phenoxy) is 2. The number of hydrogen-bond donors (Lipinski definition) is 0. The molecule has 2 atom stereocenters. The van der Waals surface area contributed by atoms with Crippen molar-refractivity contribution in [2.75, 3.05) is 37.7 Å². The maximum atomic E-state index is 16.5. The fourth-order valence-electron chi connectivity index (χ4n) is 7.92. The van der Waals surface area contributed by atoms with Gasteiger partial charge in [0, 0.05) is 24.8 Å². The van der Waals surface area contributed by atoms with E-state index in [-0.39, 0.29) is 40.9 Å². The third kappa shape index (κ3) is 5.14. The first-order valence-corrected chi connectivity index (χ1v) is 16.2. The normalized spacial score (nSPS) is 22.9. The molecule has 4 aliphatic heterocycles. The summed E-state index contributed by atoms with van der Waals surface area (Å²) in [6.45, 7) is 11.6. The van der Waals surface area contributed by atoms with Crippen molar-refractivity contribution in [3.8, 4) is 17.3 Å². The van der Waals surface area contributed by atoms with Gasteiger partial charge in [0.1, 0.15) is 29.2 Å². The van der Waals surface area contributed by atoms with E-state index in [0.29, 0.717) is 30.9 Å². The molecule has 4 aliphatic rings. The molecule has 3 aromatic rings. The fraction of sp³-hybridized carbons (Fsp3) is 0.588. The topological polar surface area (TPSA) is 83.9 Å². The molecule has 2 unspecified atom stereocenters. The minimum absolute atomic E-state index is 0.0125. The van der Waals surface area contributed by atoms with Gasteiger partial charge in [0.25, 0.3) is 0 Å². The van der Waals surface area contributed by atoms with Crippen LogP contribution >= 0.6 is 0 Å². The van der Waals surface area contributed by atoms with Gasteiger partial charge < -0.3 is 14.4 Å². The molecule has 234 valence electrons. The molecule has 0 spiro atoms. The molecule has 7 rings (SSSR count). The van der Waals surface area contributed by atoms with Crippen LogP contribution in [0.3, 0.4) is 0 Å². The first kappa shape index (κ1) is 29.2. The van der Waals surface area contributed by atoms with Gasteiger partial charge >= 0.3 is 12.1 Å². The number of fused-ring (bicyclic) bond motifs is 4. The van der Waals surface area contributed by atoms with Gasteiger partial charge in [0.15, 0.2) is 5.82 Å². The summed E-state index contributed by atoms with van der Waals surface area (Å²) < 4.78 is 28.7. The van der Waals surface area contributed by atoms with Crippen molar-refractivity contribution in [2.24, 2.45) is 0 Å². The molecule has 44 heavy (non-hydrogen) atoms. The van der Waals surface area contributed by atoms with Crippen molar-refractivity contribution in [1.82, 2.24) is 24.8 Å². The molecule has 9 nitrogen and oxygen atoms in total. The average molecular weight is 603 g/mol. The number of piperazine rings is 1. The summed E-state index contributed by atoms with van der Waals surface area (Å²) in [4.78, 5) is 34.0. The monoisotopic (exact) mass is 602 g/mol. The number of carbonyl (C=O) groups is 1. The molecule has 4 saturated heterocycles. The van der Waals surface area contributed by atoms with Crippen LogP contribution in [-0.2, 0) is 11.2 Å². The van der Waals surface area contributed by atoms with Crippen molar-refractivity contribution in [3.63, 3.8) is 0 Å². The zero-order valence-electron chi connectivity index (χ0n) is 26.3. The third-order valence-corrected chi connectivity index (χ3v) is 9.96. The Hall–Kier alpha value is -3.53. The highest BCUT2D eigenvalue weighted by Crippen LogP contribution is 2.41. The lowest BCUT2D eigenvalue weighted by molar-refractivity contribution is 0.0122. The lowest BCUT2D eigenvalue weighted by Crippen LogP contribution is -2.57. The predicted molar refractivity (Wildman–Crippen MR) is 167 cm³/mol. The van der Waals surface area contributed by atoms with E-state index in [9.17, 15) is 4.79 Å². The SMILES string of the molecule is CCc1ccccc1-c1ncc2c(N3CC4CCC(C3)N4C(=O)OC(C)(C)C)nc(OCC34CCCN3CCC4)nc2c1F. The second-order valence-corrected chi connectivity index (χ2v) is 13.9. The zero-order valence-corrected chi connectivity index (χ0v) is 26.3. The minimum Gasteiger partial charge on any atom is -0.461 e. The molecule has 2 bridgehead atoms. The second-order valence-electron chi connectivity index (χ2n) is 13.9. The Morgan fingerprint density at radius 3 is 2.45 bits per heavy atom. The Labute approximate surface area is 258 Å². The standard InChI is InChI=1S/C34H43FN6O3/c1-5-22-10-6-7-11-25(22)28-27(35)29-26(18-36-28)30(38-31(37-29)43-21-34-14-8-16-40(34)17-9-15-34)39-19-23-12-13-24(20-39)41(23)32(42)44-33(2,3)4/h6-7,10-11,18,23-24H,5,8-9,12-17,19-21H2,1-4H3. The van der Waals surface area contributed by atoms with Crippen LogP contribution in [0.2, 0.25) is 0 Å². The molecule has 0 radical (unpaired) electrons. The van der Waals surface area contributed by atoms with Crippen molar-refractivity contribution < 1.29 is 18.7 Å². The quantitative estimate of drug-likeness (QED) is 0.340. The van der Waals surface area contributed by atoms with Crippen LogP contribution in [0.4, 0.5) is 15.0 Å². The van der Waals surface area contributed by atoms with E-state index in [1.165, 1.54) is 12.8 Å². The van der Waals surface area contributed by atoms with Gasteiger partial charge in [0.2, 0.25) is 0 Å². The predicted octanol–water partition coefficient (Wildman–Crippen LogP) is 5.99. The van der Waals surface area contributed by atoms with Gasteiger partial charge in [-0.2, -0.15) is 9.97 Å². The number of amides is 1.